The Balaban J connectivity index is 1.64. The maximum absolute atomic E-state index is 12.5. The number of amides is 1. The Kier molecular flexibility index (Phi) is 6.58. The third kappa shape index (κ3) is 4.93. The number of imidazole rings is 1. The van der Waals surface area contributed by atoms with Crippen molar-refractivity contribution < 1.29 is 9.53 Å². The Bertz CT molecular complexity index is 929. The largest absolute Gasteiger partial charge is 0.497 e. The van der Waals surface area contributed by atoms with Gasteiger partial charge in [0.05, 0.1) is 18.6 Å². The molecular formula is C20H20BrN3O2S. The van der Waals surface area contributed by atoms with E-state index in [4.69, 9.17) is 4.74 Å². The summed E-state index contributed by atoms with van der Waals surface area (Å²) in [5.41, 5.74) is 2.03. The van der Waals surface area contributed by atoms with Crippen LogP contribution >= 0.6 is 27.7 Å². The molecule has 1 heterocycles. The van der Waals surface area contributed by atoms with Crippen molar-refractivity contribution in [2.45, 2.75) is 11.7 Å². The normalized spacial score (nSPS) is 10.6. The Morgan fingerprint density at radius 3 is 2.85 bits per heavy atom. The summed E-state index contributed by atoms with van der Waals surface area (Å²) < 4.78 is 8.24. The van der Waals surface area contributed by atoms with Crippen LogP contribution in [0.25, 0.3) is 5.69 Å². The molecule has 0 atom stereocenters. The standard InChI is InChI=1S/C20H20BrN3O2S/c1-23(13-15-6-3-4-9-18(15)21)19(25)14-27-20-22-10-11-24(20)16-7-5-8-17(12-16)26-2/h3-12H,13-14H2,1-2H3. The van der Waals surface area contributed by atoms with Crippen LogP contribution in [0, 0.1) is 0 Å². The molecule has 2 aromatic carbocycles. The molecule has 1 amide bonds. The minimum Gasteiger partial charge on any atom is -0.497 e. The van der Waals surface area contributed by atoms with Crippen LogP contribution in [0.2, 0.25) is 0 Å². The van der Waals surface area contributed by atoms with Crippen molar-refractivity contribution in [1.82, 2.24) is 14.5 Å². The van der Waals surface area contributed by atoms with E-state index in [1.165, 1.54) is 11.8 Å². The van der Waals surface area contributed by atoms with E-state index >= 15 is 0 Å². The molecule has 0 aliphatic carbocycles. The number of carbonyl (C=O) groups excluding carboxylic acids is 1. The number of ether oxygens (including phenoxy) is 1. The zero-order chi connectivity index (χ0) is 19.2. The fourth-order valence-corrected chi connectivity index (χ4v) is 3.88. The number of halogens is 1. The van der Waals surface area contributed by atoms with Crippen molar-refractivity contribution in [3.8, 4) is 11.4 Å². The van der Waals surface area contributed by atoms with Gasteiger partial charge >= 0.3 is 0 Å². The number of rotatable bonds is 7. The molecule has 0 saturated heterocycles. The lowest BCUT2D eigenvalue weighted by Crippen LogP contribution is -2.28. The first kappa shape index (κ1) is 19.5. The molecule has 3 aromatic rings. The maximum Gasteiger partial charge on any atom is 0.233 e. The van der Waals surface area contributed by atoms with Gasteiger partial charge in [-0.25, -0.2) is 4.98 Å². The van der Waals surface area contributed by atoms with E-state index in [-0.39, 0.29) is 5.91 Å². The molecule has 5 nitrogen and oxygen atoms in total. The molecule has 0 aliphatic heterocycles. The molecule has 7 heteroatoms. The first-order chi connectivity index (χ1) is 13.1. The summed E-state index contributed by atoms with van der Waals surface area (Å²) in [7, 11) is 3.46. The van der Waals surface area contributed by atoms with Gasteiger partial charge in [0, 0.05) is 36.5 Å². The van der Waals surface area contributed by atoms with Gasteiger partial charge in [0.25, 0.3) is 0 Å². The molecule has 1 aromatic heterocycles. The SMILES string of the molecule is COc1cccc(-n2ccnc2SCC(=O)N(C)Cc2ccccc2Br)c1. The third-order valence-corrected chi connectivity index (χ3v) is 5.78. The van der Waals surface area contributed by atoms with E-state index in [0.29, 0.717) is 12.3 Å². The van der Waals surface area contributed by atoms with Crippen LogP contribution in [0.5, 0.6) is 5.75 Å². The van der Waals surface area contributed by atoms with E-state index in [1.54, 1.807) is 18.2 Å². The second kappa shape index (κ2) is 9.10. The highest BCUT2D eigenvalue weighted by atomic mass is 79.9. The predicted molar refractivity (Wildman–Crippen MR) is 111 cm³/mol. The number of carbonyl (C=O) groups is 1. The van der Waals surface area contributed by atoms with Crippen molar-refractivity contribution >= 4 is 33.6 Å². The Labute approximate surface area is 171 Å². The number of thioether (sulfide) groups is 1. The smallest absolute Gasteiger partial charge is 0.233 e. The van der Waals surface area contributed by atoms with Gasteiger partial charge in [0.15, 0.2) is 5.16 Å². The van der Waals surface area contributed by atoms with Crippen LogP contribution in [-0.4, -0.2) is 40.3 Å². The fourth-order valence-electron chi connectivity index (χ4n) is 2.56. The van der Waals surface area contributed by atoms with Gasteiger partial charge in [-0.1, -0.05) is 52.0 Å². The van der Waals surface area contributed by atoms with Gasteiger partial charge in [-0.2, -0.15) is 0 Å². The Morgan fingerprint density at radius 1 is 1.26 bits per heavy atom. The van der Waals surface area contributed by atoms with E-state index < -0.39 is 0 Å². The topological polar surface area (TPSA) is 47.4 Å². The molecule has 0 fully saturated rings. The molecule has 0 saturated carbocycles. The molecule has 0 N–H and O–H groups in total. The van der Waals surface area contributed by atoms with Crippen molar-refractivity contribution in [2.75, 3.05) is 19.9 Å². The Hall–Kier alpha value is -2.25. The van der Waals surface area contributed by atoms with Gasteiger partial charge < -0.3 is 9.64 Å². The highest BCUT2D eigenvalue weighted by Gasteiger charge is 2.14. The molecule has 27 heavy (non-hydrogen) atoms. The summed E-state index contributed by atoms with van der Waals surface area (Å²) in [6.07, 6.45) is 3.61. The summed E-state index contributed by atoms with van der Waals surface area (Å²) in [6, 6.07) is 15.7. The average molecular weight is 446 g/mol. The first-order valence-electron chi connectivity index (χ1n) is 8.36. The number of methoxy groups -OCH3 is 1. The van der Waals surface area contributed by atoms with Crippen LogP contribution in [0.3, 0.4) is 0 Å². The number of benzene rings is 2. The van der Waals surface area contributed by atoms with Crippen molar-refractivity contribution in [3.63, 3.8) is 0 Å². The lowest BCUT2D eigenvalue weighted by molar-refractivity contribution is -0.127. The third-order valence-electron chi connectivity index (χ3n) is 4.05. The van der Waals surface area contributed by atoms with E-state index in [9.17, 15) is 4.79 Å². The average Bonchev–Trinajstić information content (AvgIpc) is 3.16. The van der Waals surface area contributed by atoms with Gasteiger partial charge in [-0.3, -0.25) is 9.36 Å². The lowest BCUT2D eigenvalue weighted by Gasteiger charge is -2.18. The van der Waals surface area contributed by atoms with Gasteiger partial charge in [0.1, 0.15) is 5.75 Å². The van der Waals surface area contributed by atoms with Gasteiger partial charge in [-0.15, -0.1) is 0 Å². The van der Waals surface area contributed by atoms with Gasteiger partial charge in [-0.05, 0) is 23.8 Å². The lowest BCUT2D eigenvalue weighted by atomic mass is 10.2. The summed E-state index contributed by atoms with van der Waals surface area (Å²) >= 11 is 4.95. The van der Waals surface area contributed by atoms with Crippen LogP contribution < -0.4 is 4.74 Å². The minimum absolute atomic E-state index is 0.0518. The quantitative estimate of drug-likeness (QED) is 0.505. The molecule has 140 valence electrons. The number of aromatic nitrogens is 2. The maximum atomic E-state index is 12.5. The first-order valence-corrected chi connectivity index (χ1v) is 10.1. The van der Waals surface area contributed by atoms with Crippen molar-refractivity contribution in [2.24, 2.45) is 0 Å². The second-order valence-electron chi connectivity index (χ2n) is 5.91. The zero-order valence-corrected chi connectivity index (χ0v) is 17.5. The molecule has 3 rings (SSSR count). The molecule has 0 aliphatic rings. The Morgan fingerprint density at radius 2 is 2.07 bits per heavy atom. The molecule has 0 bridgehead atoms. The summed E-state index contributed by atoms with van der Waals surface area (Å²) in [6.45, 7) is 0.561. The minimum atomic E-state index is 0.0518. The van der Waals surface area contributed by atoms with Crippen LogP contribution in [0.1, 0.15) is 5.56 Å². The molecule has 0 unspecified atom stereocenters. The van der Waals surface area contributed by atoms with Crippen LogP contribution in [0.4, 0.5) is 0 Å². The van der Waals surface area contributed by atoms with E-state index in [1.807, 2.05) is 66.3 Å². The van der Waals surface area contributed by atoms with E-state index in [0.717, 1.165) is 26.6 Å². The number of hydrogen-bond acceptors (Lipinski definition) is 4. The fraction of sp³-hybridized carbons (Fsp3) is 0.200. The monoisotopic (exact) mass is 445 g/mol. The predicted octanol–water partition coefficient (Wildman–Crippen LogP) is 4.39. The number of hydrogen-bond donors (Lipinski definition) is 0. The highest BCUT2D eigenvalue weighted by Crippen LogP contribution is 2.24. The zero-order valence-electron chi connectivity index (χ0n) is 15.1. The molecule has 0 radical (unpaired) electrons. The molecule has 0 spiro atoms. The van der Waals surface area contributed by atoms with Crippen LogP contribution in [0.15, 0.2) is 70.6 Å². The summed E-state index contributed by atoms with van der Waals surface area (Å²) in [4.78, 5) is 18.6. The number of nitrogens with zero attached hydrogens (tertiary/aromatic N) is 3. The second-order valence-corrected chi connectivity index (χ2v) is 7.71. The van der Waals surface area contributed by atoms with Crippen molar-refractivity contribution in [1.29, 1.82) is 0 Å². The van der Waals surface area contributed by atoms with Gasteiger partial charge in [0.2, 0.25) is 5.91 Å². The molecular weight excluding hydrogens is 426 g/mol. The van der Waals surface area contributed by atoms with Crippen LogP contribution in [-0.2, 0) is 11.3 Å². The van der Waals surface area contributed by atoms with E-state index in [2.05, 4.69) is 20.9 Å². The van der Waals surface area contributed by atoms with Crippen molar-refractivity contribution in [3.05, 3.63) is 71.0 Å². The summed E-state index contributed by atoms with van der Waals surface area (Å²) in [5.74, 6) is 1.15. The summed E-state index contributed by atoms with van der Waals surface area (Å²) in [5, 5.41) is 0.769. The highest BCUT2D eigenvalue weighted by molar-refractivity contribution is 9.10.